The predicted molar refractivity (Wildman–Crippen MR) is 30.1 cm³/mol. The van der Waals surface area contributed by atoms with E-state index in [0.717, 1.165) is 0 Å². The second-order valence-electron chi connectivity index (χ2n) is 1.24. The molecule has 6 heavy (non-hydrogen) atoms. The van der Waals surface area contributed by atoms with Crippen molar-refractivity contribution in [3.8, 4) is 0 Å². The van der Waals surface area contributed by atoms with Gasteiger partial charge in [-0.1, -0.05) is 6.92 Å². The largest absolute Gasteiger partial charge is 0.118 e. The van der Waals surface area contributed by atoms with Gasteiger partial charge in [0.2, 0.25) is 0 Å². The molecule has 0 aliphatic rings. The van der Waals surface area contributed by atoms with Crippen LogP contribution in [0.2, 0.25) is 0 Å². The van der Waals surface area contributed by atoms with Crippen LogP contribution in [-0.2, 0) is 0 Å². The van der Waals surface area contributed by atoms with Gasteiger partial charge in [-0.2, -0.15) is 0 Å². The van der Waals surface area contributed by atoms with Gasteiger partial charge in [-0.25, -0.2) is 0 Å². The monoisotopic (exact) mass is 125 g/mol. The van der Waals surface area contributed by atoms with Crippen molar-refractivity contribution >= 4 is 23.2 Å². The summed E-state index contributed by atoms with van der Waals surface area (Å²) >= 11 is 10.9. The first kappa shape index (κ1) is 6.58. The zero-order valence-corrected chi connectivity index (χ0v) is 5.35. The van der Waals surface area contributed by atoms with Gasteiger partial charge >= 0.3 is 0 Å². The molecule has 0 aliphatic heterocycles. The van der Waals surface area contributed by atoms with E-state index in [2.05, 4.69) is 0 Å². The molecule has 0 unspecified atom stereocenters. The van der Waals surface area contributed by atoms with Crippen molar-refractivity contribution in [2.45, 2.75) is 18.2 Å². The number of hydrogen-bond acceptors (Lipinski definition) is 0. The lowest BCUT2D eigenvalue weighted by Crippen LogP contribution is -2.02. The standard InChI is InChI=1S/C4H7Cl2/c1-3-4(2,5)6/h3H,1-2H3. The molecule has 0 aromatic heterocycles. The van der Waals surface area contributed by atoms with Crippen LogP contribution in [0, 0.1) is 6.42 Å². The van der Waals surface area contributed by atoms with Gasteiger partial charge in [0.15, 0.2) is 0 Å². The Bertz CT molecular complexity index is 35.3. The van der Waals surface area contributed by atoms with Crippen molar-refractivity contribution in [1.82, 2.24) is 0 Å². The van der Waals surface area contributed by atoms with Crippen molar-refractivity contribution < 1.29 is 0 Å². The quantitative estimate of drug-likeness (QED) is 0.473. The zero-order chi connectivity index (χ0) is 5.21. The van der Waals surface area contributed by atoms with Gasteiger partial charge in [-0.05, 0) is 13.3 Å². The number of alkyl halides is 2. The molecule has 0 N–H and O–H groups in total. The lowest BCUT2D eigenvalue weighted by molar-refractivity contribution is 1.01. The molecule has 0 aromatic carbocycles. The van der Waals surface area contributed by atoms with Gasteiger partial charge in [-0.15, -0.1) is 23.2 Å². The van der Waals surface area contributed by atoms with Crippen LogP contribution < -0.4 is 0 Å². The van der Waals surface area contributed by atoms with Crippen LogP contribution in [0.1, 0.15) is 13.8 Å². The number of halogens is 2. The second-order valence-corrected chi connectivity index (χ2v) is 3.01. The number of rotatable bonds is 1. The van der Waals surface area contributed by atoms with Gasteiger partial charge in [-0.3, -0.25) is 0 Å². The Labute approximate surface area is 48.4 Å². The average molecular weight is 126 g/mol. The maximum Gasteiger partial charge on any atom is 0.118 e. The molecular weight excluding hydrogens is 119 g/mol. The SMILES string of the molecule is C[CH]C(C)(Cl)Cl. The summed E-state index contributed by atoms with van der Waals surface area (Å²) in [6.45, 7) is 3.54. The normalized spacial score (nSPS) is 12.0. The molecule has 0 rings (SSSR count). The minimum Gasteiger partial charge on any atom is -0.102 e. The van der Waals surface area contributed by atoms with Crippen LogP contribution in [0.5, 0.6) is 0 Å². The van der Waals surface area contributed by atoms with Gasteiger partial charge < -0.3 is 0 Å². The summed E-state index contributed by atoms with van der Waals surface area (Å²) in [6, 6.07) is 0. The molecular formula is C4H7Cl2. The van der Waals surface area contributed by atoms with Crippen LogP contribution in [0.25, 0.3) is 0 Å². The van der Waals surface area contributed by atoms with Crippen LogP contribution in [0.3, 0.4) is 0 Å². The maximum absolute atomic E-state index is 5.43. The molecule has 0 spiro atoms. The minimum atomic E-state index is -0.639. The van der Waals surface area contributed by atoms with E-state index < -0.39 is 4.33 Å². The lowest BCUT2D eigenvalue weighted by atomic mass is 10.4. The molecule has 0 heterocycles. The molecule has 0 saturated heterocycles. The topological polar surface area (TPSA) is 0 Å². The molecule has 37 valence electrons. The third kappa shape index (κ3) is 4.58. The van der Waals surface area contributed by atoms with E-state index in [1.165, 1.54) is 0 Å². The van der Waals surface area contributed by atoms with E-state index in [0.29, 0.717) is 0 Å². The Morgan fingerprint density at radius 1 is 1.50 bits per heavy atom. The second kappa shape index (κ2) is 2.04. The minimum absolute atomic E-state index is 0.639. The molecule has 0 nitrogen and oxygen atoms in total. The first-order valence-corrected chi connectivity index (χ1v) is 2.50. The first-order valence-electron chi connectivity index (χ1n) is 1.74. The highest BCUT2D eigenvalue weighted by Crippen LogP contribution is 2.21. The molecule has 0 atom stereocenters. The van der Waals surface area contributed by atoms with E-state index >= 15 is 0 Å². The third-order valence-corrected chi connectivity index (χ3v) is 0.943. The van der Waals surface area contributed by atoms with Crippen LogP contribution >= 0.6 is 23.2 Å². The summed E-state index contributed by atoms with van der Waals surface area (Å²) in [4.78, 5) is 0. The van der Waals surface area contributed by atoms with Crippen molar-refractivity contribution in [3.05, 3.63) is 6.42 Å². The summed E-state index contributed by atoms with van der Waals surface area (Å²) in [7, 11) is 0. The van der Waals surface area contributed by atoms with E-state index in [-0.39, 0.29) is 0 Å². The fourth-order valence-electron chi connectivity index (χ4n) is 0. The highest BCUT2D eigenvalue weighted by atomic mass is 35.5. The Morgan fingerprint density at radius 2 is 1.67 bits per heavy atom. The lowest BCUT2D eigenvalue weighted by Gasteiger charge is -2.05. The Balaban J connectivity index is 3.17. The fraction of sp³-hybridized carbons (Fsp3) is 0.750. The molecule has 0 fully saturated rings. The molecule has 0 bridgehead atoms. The summed E-state index contributed by atoms with van der Waals surface area (Å²) in [5.74, 6) is 0. The van der Waals surface area contributed by atoms with Gasteiger partial charge in [0, 0.05) is 0 Å². The predicted octanol–water partition coefficient (Wildman–Crippen LogP) is 2.40. The van der Waals surface area contributed by atoms with Crippen molar-refractivity contribution in [2.24, 2.45) is 0 Å². The van der Waals surface area contributed by atoms with Crippen molar-refractivity contribution in [3.63, 3.8) is 0 Å². The number of hydrogen-bond donors (Lipinski definition) is 0. The van der Waals surface area contributed by atoms with E-state index in [1.54, 1.807) is 13.3 Å². The third-order valence-electron chi connectivity index (χ3n) is 0.507. The van der Waals surface area contributed by atoms with Crippen LogP contribution in [0.15, 0.2) is 0 Å². The molecule has 0 amide bonds. The van der Waals surface area contributed by atoms with Crippen LogP contribution in [-0.4, -0.2) is 4.33 Å². The van der Waals surface area contributed by atoms with Crippen molar-refractivity contribution in [1.29, 1.82) is 0 Å². The first-order chi connectivity index (χ1) is 2.56. The van der Waals surface area contributed by atoms with Gasteiger partial charge in [0.05, 0.1) is 0 Å². The van der Waals surface area contributed by atoms with Crippen molar-refractivity contribution in [2.75, 3.05) is 0 Å². The van der Waals surface area contributed by atoms with Crippen LogP contribution in [0.4, 0.5) is 0 Å². The Hall–Kier alpha value is 0.580. The fourth-order valence-corrected chi connectivity index (χ4v) is 0. The summed E-state index contributed by atoms with van der Waals surface area (Å²) < 4.78 is -0.639. The molecule has 1 radical (unpaired) electrons. The Kier molecular flexibility index (Phi) is 2.23. The molecule has 0 saturated carbocycles. The highest BCUT2D eigenvalue weighted by molar-refractivity contribution is 6.49. The summed E-state index contributed by atoms with van der Waals surface area (Å²) in [6.07, 6.45) is 1.72. The highest BCUT2D eigenvalue weighted by Gasteiger charge is 2.10. The summed E-state index contributed by atoms with van der Waals surface area (Å²) in [5, 5.41) is 0. The van der Waals surface area contributed by atoms with E-state index in [9.17, 15) is 0 Å². The molecule has 0 aromatic rings. The molecule has 2 heteroatoms. The molecule has 0 aliphatic carbocycles. The zero-order valence-electron chi connectivity index (χ0n) is 3.83. The average Bonchev–Trinajstić information content (AvgIpc) is 1.35. The van der Waals surface area contributed by atoms with Gasteiger partial charge in [0.1, 0.15) is 4.33 Å². The maximum atomic E-state index is 5.43. The smallest absolute Gasteiger partial charge is 0.102 e. The Morgan fingerprint density at radius 3 is 1.67 bits per heavy atom. The van der Waals surface area contributed by atoms with E-state index in [1.807, 2.05) is 6.92 Å². The van der Waals surface area contributed by atoms with E-state index in [4.69, 9.17) is 23.2 Å². The van der Waals surface area contributed by atoms with Gasteiger partial charge in [0.25, 0.3) is 0 Å². The summed E-state index contributed by atoms with van der Waals surface area (Å²) in [5.41, 5.74) is 0.